The highest BCUT2D eigenvalue weighted by atomic mass is 16.1. The summed E-state index contributed by atoms with van der Waals surface area (Å²) in [4.78, 5) is 17.5. The van der Waals surface area contributed by atoms with Gasteiger partial charge in [0, 0.05) is 57.8 Å². The van der Waals surface area contributed by atoms with Gasteiger partial charge in [-0.2, -0.15) is 0 Å². The van der Waals surface area contributed by atoms with Crippen LogP contribution in [-0.4, -0.2) is 34.0 Å². The minimum Gasteiger partial charge on any atom is -0.378 e. The molecular weight excluding hydrogens is 368 g/mol. The van der Waals surface area contributed by atoms with Crippen molar-refractivity contribution in [2.75, 3.05) is 38.0 Å². The van der Waals surface area contributed by atoms with Gasteiger partial charge in [0.25, 0.3) is 0 Å². The Morgan fingerprint density at radius 3 is 1.73 bits per heavy atom. The third-order valence-corrected chi connectivity index (χ3v) is 6.69. The molecule has 2 atom stereocenters. The number of carbonyl (C=O) groups excluding carboxylic acids is 1. The second kappa shape index (κ2) is 10.1. The van der Waals surface area contributed by atoms with Crippen LogP contribution in [0.25, 0.3) is 0 Å². The van der Waals surface area contributed by atoms with E-state index in [1.807, 2.05) is 0 Å². The zero-order valence-corrected chi connectivity index (χ0v) is 19.4. The molecule has 30 heavy (non-hydrogen) atoms. The number of rotatable bonds is 8. The summed E-state index contributed by atoms with van der Waals surface area (Å²) in [6.45, 7) is 2.23. The molecule has 0 saturated heterocycles. The molecule has 3 heteroatoms. The Labute approximate surface area is 183 Å². The maximum Gasteiger partial charge on any atom is 0.137 e. The molecule has 2 aromatic rings. The zero-order valence-electron chi connectivity index (χ0n) is 19.4. The van der Waals surface area contributed by atoms with Gasteiger partial charge in [-0.1, -0.05) is 50.5 Å². The molecule has 0 bridgehead atoms. The molecule has 0 aromatic heterocycles. The van der Waals surface area contributed by atoms with Gasteiger partial charge < -0.3 is 9.80 Å². The molecular formula is C27H38N2O. The van der Waals surface area contributed by atoms with E-state index < -0.39 is 0 Å². The topological polar surface area (TPSA) is 23.6 Å². The SMILES string of the molecule is CCCC[C@H]1CC[C@@H](C(c2ccc(N(C)C)cc2)c2ccc(N(C)C)cc2)C(=O)C1. The lowest BCUT2D eigenvalue weighted by Crippen LogP contribution is -2.30. The highest BCUT2D eigenvalue weighted by Crippen LogP contribution is 2.42. The predicted molar refractivity (Wildman–Crippen MR) is 129 cm³/mol. The largest absolute Gasteiger partial charge is 0.378 e. The summed E-state index contributed by atoms with van der Waals surface area (Å²) < 4.78 is 0. The first-order valence-corrected chi connectivity index (χ1v) is 11.5. The molecule has 1 saturated carbocycles. The van der Waals surface area contributed by atoms with Gasteiger partial charge in [0.05, 0.1) is 0 Å². The molecule has 162 valence electrons. The molecule has 3 nitrogen and oxygen atoms in total. The van der Waals surface area contributed by atoms with Crippen LogP contribution in [0.4, 0.5) is 11.4 Å². The van der Waals surface area contributed by atoms with Crippen molar-refractivity contribution in [1.29, 1.82) is 0 Å². The van der Waals surface area contributed by atoms with Crippen LogP contribution < -0.4 is 9.80 Å². The Hall–Kier alpha value is -2.29. The maximum absolute atomic E-state index is 13.3. The Balaban J connectivity index is 1.90. The van der Waals surface area contributed by atoms with Crippen molar-refractivity contribution in [3.63, 3.8) is 0 Å². The van der Waals surface area contributed by atoms with Gasteiger partial charge in [0.2, 0.25) is 0 Å². The molecule has 0 spiro atoms. The van der Waals surface area contributed by atoms with E-state index in [1.165, 1.54) is 48.2 Å². The number of hydrogen-bond donors (Lipinski definition) is 0. The lowest BCUT2D eigenvalue weighted by Gasteiger charge is -2.34. The van der Waals surface area contributed by atoms with E-state index >= 15 is 0 Å². The minimum absolute atomic E-state index is 0.0817. The smallest absolute Gasteiger partial charge is 0.137 e. The van der Waals surface area contributed by atoms with Crippen molar-refractivity contribution < 1.29 is 4.79 Å². The van der Waals surface area contributed by atoms with E-state index in [1.54, 1.807) is 0 Å². The Morgan fingerprint density at radius 1 is 0.833 bits per heavy atom. The summed E-state index contributed by atoms with van der Waals surface area (Å²) in [7, 11) is 8.25. The molecule has 0 unspecified atom stereocenters. The first-order chi connectivity index (χ1) is 14.4. The van der Waals surface area contributed by atoms with Crippen LogP contribution in [0.2, 0.25) is 0 Å². The summed E-state index contributed by atoms with van der Waals surface area (Å²) in [5.74, 6) is 1.26. The molecule has 1 aliphatic carbocycles. The van der Waals surface area contributed by atoms with Crippen LogP contribution in [-0.2, 0) is 4.79 Å². The minimum atomic E-state index is 0.0817. The summed E-state index contributed by atoms with van der Waals surface area (Å²) in [5.41, 5.74) is 4.89. The summed E-state index contributed by atoms with van der Waals surface area (Å²) in [5, 5.41) is 0. The Morgan fingerprint density at radius 2 is 1.33 bits per heavy atom. The molecule has 0 amide bonds. The number of Topliss-reactive ketones (excluding diaryl/α,β-unsaturated/α-hetero) is 1. The van der Waals surface area contributed by atoms with Crippen molar-refractivity contribution in [3.8, 4) is 0 Å². The van der Waals surface area contributed by atoms with Crippen LogP contribution in [0, 0.1) is 11.8 Å². The number of carbonyl (C=O) groups is 1. The molecule has 0 radical (unpaired) electrons. The van der Waals surface area contributed by atoms with Crippen molar-refractivity contribution >= 4 is 17.2 Å². The van der Waals surface area contributed by atoms with Crippen molar-refractivity contribution in [2.45, 2.75) is 51.4 Å². The highest BCUT2D eigenvalue weighted by Gasteiger charge is 2.35. The highest BCUT2D eigenvalue weighted by molar-refractivity contribution is 5.83. The van der Waals surface area contributed by atoms with Crippen LogP contribution in [0.3, 0.4) is 0 Å². The lowest BCUT2D eigenvalue weighted by molar-refractivity contribution is -0.126. The standard InChI is InChI=1S/C27H38N2O/c1-6-7-8-20-9-18-25(26(30)19-20)27(21-10-14-23(15-11-21)28(2)3)22-12-16-24(17-13-22)29(4)5/h10-17,20,25,27H,6-9,18-19H2,1-5H3/t20-,25+/m0/s1. The summed E-state index contributed by atoms with van der Waals surface area (Å²) in [6, 6.07) is 17.6. The second-order valence-corrected chi connectivity index (χ2v) is 9.31. The third-order valence-electron chi connectivity index (χ3n) is 6.69. The first kappa shape index (κ1) is 22.4. The van der Waals surface area contributed by atoms with Crippen LogP contribution in [0.5, 0.6) is 0 Å². The fourth-order valence-corrected chi connectivity index (χ4v) is 4.82. The predicted octanol–water partition coefficient (Wildman–Crippen LogP) is 6.13. The quantitative estimate of drug-likeness (QED) is 0.527. The van der Waals surface area contributed by atoms with Crippen molar-refractivity contribution in [3.05, 3.63) is 59.7 Å². The molecule has 2 aromatic carbocycles. The normalized spacial score (nSPS) is 19.2. The van der Waals surface area contributed by atoms with Gasteiger partial charge in [-0.05, 0) is 54.2 Å². The van der Waals surface area contributed by atoms with Crippen LogP contribution in [0.15, 0.2) is 48.5 Å². The number of unbranched alkanes of at least 4 members (excludes halogenated alkanes) is 1. The average molecular weight is 407 g/mol. The van der Waals surface area contributed by atoms with Gasteiger partial charge in [0.1, 0.15) is 5.78 Å². The maximum atomic E-state index is 13.3. The number of ketones is 1. The van der Waals surface area contributed by atoms with Gasteiger partial charge in [0.15, 0.2) is 0 Å². The van der Waals surface area contributed by atoms with Gasteiger partial charge >= 0.3 is 0 Å². The lowest BCUT2D eigenvalue weighted by atomic mass is 9.69. The monoisotopic (exact) mass is 406 g/mol. The average Bonchev–Trinajstić information content (AvgIpc) is 2.74. The van der Waals surface area contributed by atoms with E-state index in [0.717, 1.165) is 12.8 Å². The fraction of sp³-hybridized carbons (Fsp3) is 0.519. The molecule has 0 aliphatic heterocycles. The van der Waals surface area contributed by atoms with Gasteiger partial charge in [-0.3, -0.25) is 4.79 Å². The zero-order chi connectivity index (χ0) is 21.7. The molecule has 0 heterocycles. The Bertz CT molecular complexity index is 756. The van der Waals surface area contributed by atoms with Crippen LogP contribution >= 0.6 is 0 Å². The molecule has 1 aliphatic rings. The molecule has 3 rings (SSSR count). The van der Waals surface area contributed by atoms with Crippen LogP contribution in [0.1, 0.15) is 62.5 Å². The number of hydrogen-bond acceptors (Lipinski definition) is 3. The van der Waals surface area contributed by atoms with Crippen molar-refractivity contribution in [2.24, 2.45) is 11.8 Å². The second-order valence-electron chi connectivity index (χ2n) is 9.31. The number of anilines is 2. The first-order valence-electron chi connectivity index (χ1n) is 11.5. The number of benzene rings is 2. The van der Waals surface area contributed by atoms with Crippen molar-refractivity contribution in [1.82, 2.24) is 0 Å². The molecule has 0 N–H and O–H groups in total. The van der Waals surface area contributed by atoms with E-state index in [2.05, 4.69) is 93.4 Å². The van der Waals surface area contributed by atoms with E-state index in [-0.39, 0.29) is 11.8 Å². The third kappa shape index (κ3) is 5.24. The van der Waals surface area contributed by atoms with E-state index in [9.17, 15) is 4.79 Å². The Kier molecular flexibility index (Phi) is 7.58. The van der Waals surface area contributed by atoms with Gasteiger partial charge in [-0.15, -0.1) is 0 Å². The summed E-state index contributed by atoms with van der Waals surface area (Å²) >= 11 is 0. The van der Waals surface area contributed by atoms with E-state index in [0.29, 0.717) is 11.7 Å². The van der Waals surface area contributed by atoms with E-state index in [4.69, 9.17) is 0 Å². The summed E-state index contributed by atoms with van der Waals surface area (Å²) in [6.07, 6.45) is 6.60. The number of nitrogens with zero attached hydrogens (tertiary/aromatic N) is 2. The fourth-order valence-electron chi connectivity index (χ4n) is 4.82. The van der Waals surface area contributed by atoms with Gasteiger partial charge in [-0.25, -0.2) is 0 Å². The molecule has 1 fully saturated rings.